The number of hydrogen-bond acceptors (Lipinski definition) is 22. The highest BCUT2D eigenvalue weighted by Gasteiger charge is 2.26. The summed E-state index contributed by atoms with van der Waals surface area (Å²) in [5.74, 6) is 5.21. The molecule has 16 heterocycles. The maximum Gasteiger partial charge on any atom is 0.204 e. The largest absolute Gasteiger partial charge is 0.330 e. The molecule has 31 nitrogen and oxygen atoms in total. The number of para-hydroxylation sites is 4. The third-order valence-electron chi connectivity index (χ3n) is 20.5. The Bertz CT molecular complexity index is 5510. The molecule has 0 N–H and O–H groups in total. The molecule has 0 saturated carbocycles. The van der Waals surface area contributed by atoms with Crippen molar-refractivity contribution in [3.05, 3.63) is 228 Å². The first-order valence-corrected chi connectivity index (χ1v) is 42.6. The Morgan fingerprint density at radius 1 is 0.384 bits per heavy atom. The Kier molecular flexibility index (Phi) is 31.2. The van der Waals surface area contributed by atoms with Crippen molar-refractivity contribution in [2.75, 3.05) is 6.54 Å². The number of hydrogen-bond donors (Lipinski definition) is 0. The van der Waals surface area contributed by atoms with Gasteiger partial charge in [-0.1, -0.05) is 95.3 Å². The van der Waals surface area contributed by atoms with Gasteiger partial charge in [-0.05, 0) is 187 Å². The van der Waals surface area contributed by atoms with E-state index >= 15 is 0 Å². The number of ketones is 5. The molecular weight excluding hydrogens is 1570 g/mol. The minimum atomic E-state index is -0.00287. The molecule has 20 rings (SSSR count). The molecule has 2 aliphatic carbocycles. The molecule has 12 aromatic heterocycles. The number of carbonyl (C=O) groups excluding carboxylic acids is 5. The van der Waals surface area contributed by atoms with Crippen LogP contribution in [0.3, 0.4) is 0 Å². The van der Waals surface area contributed by atoms with E-state index < -0.39 is 0 Å². The van der Waals surface area contributed by atoms with Gasteiger partial charge in [0.2, 0.25) is 17.4 Å². The first-order valence-electron chi connectivity index (χ1n) is 42.6. The molecule has 31 heteroatoms. The molecule has 4 aliphatic heterocycles. The maximum absolute atomic E-state index is 11.4. The number of benzene rings is 2. The lowest BCUT2D eigenvalue weighted by Gasteiger charge is -2.12. The topological polar surface area (TPSA) is 347 Å². The molecule has 125 heavy (non-hydrogen) atoms. The van der Waals surface area contributed by atoms with Crippen molar-refractivity contribution in [2.45, 2.75) is 225 Å². The first kappa shape index (κ1) is 92.0. The lowest BCUT2D eigenvalue weighted by Crippen LogP contribution is -2.15. The number of aliphatic imine (C=N–C) groups is 3. The lowest BCUT2D eigenvalue weighted by atomic mass is 10.0. The molecule has 2 aromatic carbocycles. The fourth-order valence-corrected chi connectivity index (χ4v) is 14.0. The third-order valence-corrected chi connectivity index (χ3v) is 20.5. The van der Waals surface area contributed by atoms with Crippen molar-refractivity contribution in [1.29, 1.82) is 0 Å². The van der Waals surface area contributed by atoms with Crippen molar-refractivity contribution in [1.82, 2.24) is 112 Å². The van der Waals surface area contributed by atoms with E-state index in [-0.39, 0.29) is 47.4 Å². The first-order chi connectivity index (χ1) is 59.9. The average molecular weight is 1690 g/mol. The normalized spacial score (nSPS) is 13.6. The Morgan fingerprint density at radius 2 is 0.920 bits per heavy atom. The Balaban J connectivity index is 0.000000135. The quantitative estimate of drug-likeness (QED) is 0.123. The van der Waals surface area contributed by atoms with Crippen molar-refractivity contribution >= 4 is 116 Å². The van der Waals surface area contributed by atoms with Gasteiger partial charge in [0, 0.05) is 123 Å². The van der Waals surface area contributed by atoms with Gasteiger partial charge in [0.1, 0.15) is 35.1 Å². The Hall–Kier alpha value is -13.7. The predicted octanol–water partition coefficient (Wildman–Crippen LogP) is 19.3. The summed E-state index contributed by atoms with van der Waals surface area (Å²) in [5, 5.41) is 27.7. The molecule has 6 aliphatic rings. The number of pyridine rings is 2. The zero-order valence-electron chi connectivity index (χ0n) is 75.2. The molecular formula is C94H114N26O5. The number of aromatic nitrogens is 23. The van der Waals surface area contributed by atoms with E-state index in [2.05, 4.69) is 234 Å². The second-order valence-electron chi connectivity index (χ2n) is 33.1. The highest BCUT2D eigenvalue weighted by molar-refractivity contribution is 6.10. The van der Waals surface area contributed by atoms with Crippen LogP contribution in [0.5, 0.6) is 0 Å². The van der Waals surface area contributed by atoms with Gasteiger partial charge in [0.25, 0.3) is 0 Å². The summed E-state index contributed by atoms with van der Waals surface area (Å²) < 4.78 is 17.6. The SMILES string of the molecule is CC(C)C1=CCc2cccnc21.CC(C)c1nnc2cccnn12.CC(C)c1nnc2n1C=CCC2=O.CC(C)n1ccc2c1N=CCC2=O.CC(C)n1cnc2c1C=CCC2=O.CC(C)n1cnc2c1C=NCC2=O.CC(C)n1cnc2ccccc21.CC(C)n1cnc2ccccc21.CC(C)n1cnc2cccnc21.CC(C)n1nnc2c1N=CCC2=O. The Morgan fingerprint density at radius 3 is 1.54 bits per heavy atom. The van der Waals surface area contributed by atoms with Gasteiger partial charge in [0.15, 0.2) is 46.0 Å². The second kappa shape index (κ2) is 42.4. The molecule has 0 fully saturated rings. The Labute approximate surface area is 728 Å². The summed E-state index contributed by atoms with van der Waals surface area (Å²) in [6, 6.07) is 32.6. The van der Waals surface area contributed by atoms with E-state index in [0.717, 1.165) is 68.7 Å². The van der Waals surface area contributed by atoms with Gasteiger partial charge in [0.05, 0.1) is 82.4 Å². The van der Waals surface area contributed by atoms with Crippen LogP contribution in [0.25, 0.3) is 56.7 Å². The summed E-state index contributed by atoms with van der Waals surface area (Å²) in [6.45, 7) is 42.1. The standard InChI is InChI=1S/C11H13N.2C10H12N2O.2C10H12N2.2C9H11N3O.C9H11N3.C8H10N4O.C8H10N4/c1-8(2)10-6-5-9-4-3-7-12-11(9)10;1-7(2)12-6-4-8-9(13)3-5-11-10(8)12;1-7(2)12-6-11-10-8(12)4-3-5-9(10)13;2*1-8(2)12-7-11-9-5-3-4-6-10(9)12;1-6(2)12-5-11-9-7(12)3-10-4-8(9)13;1-6(2)8-10-11-9-7(13)4-3-5-12(8)9;1-7(2)12-6-11-8-4-3-5-10-9(8)12;1-5(2)12-8-7(10-11-12)6(13)3-4-9-8;1-6(2)8-11-10-7-4-3-5-9-12(7)8/h3-4,6-8H,5H2,1-2H3;4-7H,3H2,1-2H3;3-4,6-7H,5H2,1-2H3;2*3-8H,1-2H3;2*3,5-6H,4H2,1-2H3;3-7H,1-2H3;4-5H,3H2,1-2H3;3-6H,1-2H3. The highest BCUT2D eigenvalue weighted by atomic mass is 16.1. The van der Waals surface area contributed by atoms with Gasteiger partial charge in [-0.15, -0.1) is 25.5 Å². The van der Waals surface area contributed by atoms with Crippen molar-refractivity contribution in [3.8, 4) is 0 Å². The maximum atomic E-state index is 11.4. The van der Waals surface area contributed by atoms with Crippen LogP contribution in [-0.4, -0.2) is 166 Å². The lowest BCUT2D eigenvalue weighted by molar-refractivity contribution is 0.0976. The number of allylic oxidation sites excluding steroid dienone is 4. The smallest absolute Gasteiger partial charge is 0.204 e. The second-order valence-corrected chi connectivity index (χ2v) is 33.1. The minimum absolute atomic E-state index is 0.00287. The van der Waals surface area contributed by atoms with Crippen LogP contribution in [0.1, 0.15) is 305 Å². The molecule has 0 atom stereocenters. The number of rotatable bonds is 10. The van der Waals surface area contributed by atoms with E-state index in [4.69, 9.17) is 0 Å². The summed E-state index contributed by atoms with van der Waals surface area (Å²) in [6.07, 6.45) is 34.1. The fourth-order valence-electron chi connectivity index (χ4n) is 14.0. The van der Waals surface area contributed by atoms with Crippen LogP contribution in [0.15, 0.2) is 181 Å². The average Bonchev–Trinajstić information content (AvgIpc) is 1.65. The van der Waals surface area contributed by atoms with E-state index in [1.165, 1.54) is 27.9 Å². The van der Waals surface area contributed by atoms with Crippen LogP contribution in [0.4, 0.5) is 11.6 Å². The molecule has 0 amide bonds. The van der Waals surface area contributed by atoms with Crippen molar-refractivity contribution in [2.24, 2.45) is 20.9 Å². The van der Waals surface area contributed by atoms with Crippen LogP contribution in [0, 0.1) is 5.92 Å². The van der Waals surface area contributed by atoms with Crippen LogP contribution in [-0.2, 0) is 6.42 Å². The number of imidazole rings is 5. The number of fused-ring (bicyclic) bond motifs is 10. The van der Waals surface area contributed by atoms with Gasteiger partial charge in [-0.3, -0.25) is 38.5 Å². The third kappa shape index (κ3) is 22.2. The summed E-state index contributed by atoms with van der Waals surface area (Å²) in [5.41, 5.74) is 15.4. The summed E-state index contributed by atoms with van der Waals surface area (Å²) in [7, 11) is 0. The molecule has 0 unspecified atom stereocenters. The number of carbonyl (C=O) groups is 5. The summed E-state index contributed by atoms with van der Waals surface area (Å²) >= 11 is 0. The zero-order chi connectivity index (χ0) is 89.9. The predicted molar refractivity (Wildman–Crippen MR) is 492 cm³/mol. The van der Waals surface area contributed by atoms with E-state index in [1.807, 2.05) is 170 Å². The minimum Gasteiger partial charge on any atom is -0.330 e. The van der Waals surface area contributed by atoms with E-state index in [1.54, 1.807) is 57.5 Å². The fraction of sp³-hybridized carbons (Fsp3) is 0.383. The summed E-state index contributed by atoms with van der Waals surface area (Å²) in [4.78, 5) is 98.8. The zero-order valence-corrected chi connectivity index (χ0v) is 75.2. The number of nitrogens with zero attached hydrogens (tertiary/aromatic N) is 26. The number of Topliss-reactive ketones (excluding diaryl/α,β-unsaturated/α-hetero) is 5. The van der Waals surface area contributed by atoms with Gasteiger partial charge < -0.3 is 27.4 Å². The van der Waals surface area contributed by atoms with Crippen LogP contribution < -0.4 is 0 Å². The molecule has 0 radical (unpaired) electrons. The van der Waals surface area contributed by atoms with E-state index in [9.17, 15) is 24.0 Å². The molecule has 0 bridgehead atoms. The highest BCUT2D eigenvalue weighted by Crippen LogP contribution is 2.32. The van der Waals surface area contributed by atoms with Gasteiger partial charge in [-0.25, -0.2) is 44.6 Å². The van der Waals surface area contributed by atoms with Crippen molar-refractivity contribution < 1.29 is 24.0 Å². The van der Waals surface area contributed by atoms with Gasteiger partial charge >= 0.3 is 0 Å². The van der Waals surface area contributed by atoms with Gasteiger partial charge in [-0.2, -0.15) is 9.61 Å². The molecule has 0 saturated heterocycles. The molecule has 650 valence electrons. The van der Waals surface area contributed by atoms with E-state index in [0.29, 0.717) is 102 Å². The van der Waals surface area contributed by atoms with Crippen molar-refractivity contribution in [3.63, 3.8) is 0 Å². The van der Waals surface area contributed by atoms with Crippen LogP contribution >= 0.6 is 0 Å². The van der Waals surface area contributed by atoms with Crippen LogP contribution in [0.2, 0.25) is 0 Å². The molecule has 0 spiro atoms. The molecule has 14 aromatic rings. The monoisotopic (exact) mass is 1690 g/mol.